The molecule has 152 valence electrons. The first-order chi connectivity index (χ1) is 13.7. The zero-order valence-corrected chi connectivity index (χ0v) is 17.3. The van der Waals surface area contributed by atoms with E-state index in [2.05, 4.69) is 21.6 Å². The van der Waals surface area contributed by atoms with Gasteiger partial charge in [0, 0.05) is 44.2 Å². The number of carbonyl (C=O) groups is 1. The molecule has 2 aromatic rings. The Hall–Kier alpha value is -1.85. The van der Waals surface area contributed by atoms with Crippen molar-refractivity contribution in [3.8, 4) is 0 Å². The molecule has 1 aromatic carbocycles. The van der Waals surface area contributed by atoms with E-state index in [1.165, 1.54) is 45.2 Å². The molecule has 2 atom stereocenters. The third kappa shape index (κ3) is 3.83. The predicted molar refractivity (Wildman–Crippen MR) is 113 cm³/mol. The van der Waals surface area contributed by atoms with Gasteiger partial charge in [0.1, 0.15) is 5.69 Å². The Morgan fingerprint density at radius 3 is 2.86 bits per heavy atom. The molecule has 0 bridgehead atoms. The number of hydrogen-bond donors (Lipinski definition) is 0. The number of amides is 1. The quantitative estimate of drug-likeness (QED) is 0.765. The van der Waals surface area contributed by atoms with Crippen LogP contribution in [0.3, 0.4) is 0 Å². The number of nitrogens with zero attached hydrogens (tertiary/aromatic N) is 3. The van der Waals surface area contributed by atoms with Crippen LogP contribution in [0.15, 0.2) is 30.3 Å². The molecule has 0 aliphatic carbocycles. The van der Waals surface area contributed by atoms with Gasteiger partial charge >= 0.3 is 0 Å². The van der Waals surface area contributed by atoms with Gasteiger partial charge in [-0.1, -0.05) is 24.6 Å². The molecule has 0 radical (unpaired) electrons. The van der Waals surface area contributed by atoms with E-state index in [-0.39, 0.29) is 5.91 Å². The third-order valence-electron chi connectivity index (χ3n) is 6.63. The number of rotatable bonds is 6. The lowest BCUT2D eigenvalue weighted by molar-refractivity contribution is 0.0399. The van der Waals surface area contributed by atoms with Crippen molar-refractivity contribution in [1.82, 2.24) is 14.4 Å². The van der Waals surface area contributed by atoms with Crippen molar-refractivity contribution in [2.75, 3.05) is 40.4 Å². The number of benzene rings is 1. The molecule has 2 aliphatic rings. The van der Waals surface area contributed by atoms with Crippen molar-refractivity contribution < 1.29 is 9.53 Å². The van der Waals surface area contributed by atoms with Crippen LogP contribution in [0.5, 0.6) is 0 Å². The maximum Gasteiger partial charge on any atom is 0.270 e. The molecule has 3 heterocycles. The van der Waals surface area contributed by atoms with Crippen LogP contribution >= 0.6 is 0 Å². The number of ether oxygens (including phenoxy) is 1. The highest BCUT2D eigenvalue weighted by molar-refractivity contribution is 5.98. The lowest BCUT2D eigenvalue weighted by Gasteiger charge is -2.45. The minimum absolute atomic E-state index is 0.125. The fourth-order valence-corrected chi connectivity index (χ4v) is 5.23. The molecule has 2 fully saturated rings. The summed E-state index contributed by atoms with van der Waals surface area (Å²) in [4.78, 5) is 18.0. The highest BCUT2D eigenvalue weighted by Gasteiger charge is 2.34. The number of hydrogen-bond acceptors (Lipinski definition) is 3. The molecule has 0 N–H and O–H groups in total. The van der Waals surface area contributed by atoms with Gasteiger partial charge in [-0.25, -0.2) is 0 Å². The largest absolute Gasteiger partial charge is 0.383 e. The fraction of sp³-hybridized carbons (Fsp3) is 0.609. The smallest absolute Gasteiger partial charge is 0.270 e. The second-order valence-corrected chi connectivity index (χ2v) is 8.42. The zero-order valence-electron chi connectivity index (χ0n) is 17.3. The normalized spacial score (nSPS) is 22.9. The van der Waals surface area contributed by atoms with E-state index in [1.807, 2.05) is 30.1 Å². The Morgan fingerprint density at radius 2 is 2.00 bits per heavy atom. The summed E-state index contributed by atoms with van der Waals surface area (Å²) in [5, 5.41) is 1.12. The number of methoxy groups -OCH3 is 1. The van der Waals surface area contributed by atoms with E-state index in [0.717, 1.165) is 23.1 Å². The van der Waals surface area contributed by atoms with Gasteiger partial charge in [0.15, 0.2) is 0 Å². The molecule has 28 heavy (non-hydrogen) atoms. The van der Waals surface area contributed by atoms with E-state index in [9.17, 15) is 4.79 Å². The molecule has 4 rings (SSSR count). The molecule has 2 aliphatic heterocycles. The summed E-state index contributed by atoms with van der Waals surface area (Å²) in [6.45, 7) is 4.63. The fourth-order valence-electron chi connectivity index (χ4n) is 5.23. The van der Waals surface area contributed by atoms with Gasteiger partial charge in [0.05, 0.1) is 6.61 Å². The second-order valence-electron chi connectivity index (χ2n) is 8.42. The van der Waals surface area contributed by atoms with E-state index < -0.39 is 0 Å². The molecule has 2 saturated heterocycles. The van der Waals surface area contributed by atoms with Gasteiger partial charge in [0.2, 0.25) is 0 Å². The Balaban J connectivity index is 1.53. The van der Waals surface area contributed by atoms with Crippen LogP contribution in [0, 0.1) is 5.92 Å². The van der Waals surface area contributed by atoms with Crippen molar-refractivity contribution in [2.45, 2.75) is 44.7 Å². The van der Waals surface area contributed by atoms with Crippen molar-refractivity contribution in [3.05, 3.63) is 36.0 Å². The number of aromatic nitrogens is 1. The first kappa shape index (κ1) is 19.5. The minimum Gasteiger partial charge on any atom is -0.383 e. The van der Waals surface area contributed by atoms with Gasteiger partial charge in [-0.15, -0.1) is 0 Å². The molecular weight excluding hydrogens is 350 g/mol. The van der Waals surface area contributed by atoms with Gasteiger partial charge in [-0.2, -0.15) is 0 Å². The van der Waals surface area contributed by atoms with Crippen LogP contribution in [0.2, 0.25) is 0 Å². The highest BCUT2D eigenvalue weighted by atomic mass is 16.5. The second kappa shape index (κ2) is 8.66. The molecule has 1 aromatic heterocycles. The molecule has 0 spiro atoms. The summed E-state index contributed by atoms with van der Waals surface area (Å²) in [6, 6.07) is 10.9. The monoisotopic (exact) mass is 383 g/mol. The molecule has 5 nitrogen and oxygen atoms in total. The Kier molecular flexibility index (Phi) is 6.02. The van der Waals surface area contributed by atoms with Crippen LogP contribution in [-0.2, 0) is 11.3 Å². The summed E-state index contributed by atoms with van der Waals surface area (Å²) in [6.07, 6.45) is 6.46. The van der Waals surface area contributed by atoms with Crippen molar-refractivity contribution >= 4 is 16.8 Å². The number of para-hydroxylation sites is 1. The third-order valence-corrected chi connectivity index (χ3v) is 6.63. The Morgan fingerprint density at radius 1 is 1.18 bits per heavy atom. The molecule has 2 unspecified atom stereocenters. The van der Waals surface area contributed by atoms with Crippen molar-refractivity contribution in [1.29, 1.82) is 0 Å². The molecular formula is C23H33N3O2. The lowest BCUT2D eigenvalue weighted by atomic mass is 9.83. The number of fused-ring (bicyclic) bond motifs is 2. The van der Waals surface area contributed by atoms with Crippen LogP contribution in [0.25, 0.3) is 10.9 Å². The van der Waals surface area contributed by atoms with Crippen molar-refractivity contribution in [3.63, 3.8) is 0 Å². The van der Waals surface area contributed by atoms with Crippen LogP contribution in [-0.4, -0.2) is 66.7 Å². The van der Waals surface area contributed by atoms with Crippen LogP contribution in [0.1, 0.15) is 42.6 Å². The van der Waals surface area contributed by atoms with Crippen LogP contribution < -0.4 is 0 Å². The maximum atomic E-state index is 13.4. The van der Waals surface area contributed by atoms with Gasteiger partial charge in [-0.3, -0.25) is 4.79 Å². The summed E-state index contributed by atoms with van der Waals surface area (Å²) in [7, 11) is 3.68. The van der Waals surface area contributed by atoms with Gasteiger partial charge in [-0.05, 0) is 56.8 Å². The summed E-state index contributed by atoms with van der Waals surface area (Å²) in [5.74, 6) is 0.722. The minimum atomic E-state index is 0.125. The molecule has 0 saturated carbocycles. The van der Waals surface area contributed by atoms with E-state index in [0.29, 0.717) is 25.1 Å². The van der Waals surface area contributed by atoms with Crippen molar-refractivity contribution in [2.24, 2.45) is 5.92 Å². The predicted octanol–water partition coefficient (Wildman–Crippen LogP) is 3.62. The van der Waals surface area contributed by atoms with Gasteiger partial charge in [0.25, 0.3) is 5.91 Å². The molecule has 5 heteroatoms. The zero-order chi connectivity index (χ0) is 19.5. The summed E-state index contributed by atoms with van der Waals surface area (Å²) >= 11 is 0. The van der Waals surface area contributed by atoms with Crippen LogP contribution in [0.4, 0.5) is 0 Å². The number of carbonyl (C=O) groups excluding carboxylic acids is 1. The SMILES string of the molecule is COCCn1c(C(=O)N(C)CC2CCCN3CCCCC23)cc2ccccc21. The average molecular weight is 384 g/mol. The highest BCUT2D eigenvalue weighted by Crippen LogP contribution is 2.31. The summed E-state index contributed by atoms with van der Waals surface area (Å²) in [5.41, 5.74) is 1.88. The first-order valence-electron chi connectivity index (χ1n) is 10.8. The first-order valence-corrected chi connectivity index (χ1v) is 10.8. The standard InChI is InChI=1S/C23H33N3O2/c1-24(17-19-9-7-13-25-12-6-5-10-20(19)25)23(27)22-16-18-8-3-4-11-21(18)26(22)14-15-28-2/h3-4,8,11,16,19-20H,5-7,9-10,12-15,17H2,1-2H3. The van der Waals surface area contributed by atoms with E-state index >= 15 is 0 Å². The lowest BCUT2D eigenvalue weighted by Crippen LogP contribution is -2.51. The summed E-state index contributed by atoms with van der Waals surface area (Å²) < 4.78 is 7.41. The Labute approximate surface area is 168 Å². The number of piperidine rings is 2. The average Bonchev–Trinajstić information content (AvgIpc) is 3.10. The Bertz CT molecular complexity index is 813. The topological polar surface area (TPSA) is 37.7 Å². The molecule has 1 amide bonds. The van der Waals surface area contributed by atoms with E-state index in [4.69, 9.17) is 4.74 Å². The maximum absolute atomic E-state index is 13.4. The van der Waals surface area contributed by atoms with E-state index in [1.54, 1.807) is 7.11 Å². The van der Waals surface area contributed by atoms with Gasteiger partial charge < -0.3 is 19.1 Å².